The number of benzene rings is 1. The third kappa shape index (κ3) is 9.99. The van der Waals surface area contributed by atoms with E-state index in [9.17, 15) is 28.8 Å². The van der Waals surface area contributed by atoms with Gasteiger partial charge in [0, 0.05) is 19.4 Å². The van der Waals surface area contributed by atoms with E-state index < -0.39 is 59.9 Å². The van der Waals surface area contributed by atoms with E-state index >= 15 is 0 Å². The van der Waals surface area contributed by atoms with Crippen molar-refractivity contribution in [2.75, 3.05) is 19.7 Å². The Labute approximate surface area is 275 Å². The van der Waals surface area contributed by atoms with Crippen LogP contribution in [0.5, 0.6) is 5.75 Å². The molecule has 4 rings (SSSR count). The number of carboxylic acid groups (broad SMARTS) is 1. The number of Topliss-reactive ketones (excluding diaryl/α,β-unsaturated/α-hetero) is 1. The van der Waals surface area contributed by atoms with Gasteiger partial charge in [-0.2, -0.15) is 0 Å². The van der Waals surface area contributed by atoms with Gasteiger partial charge >= 0.3 is 5.97 Å². The van der Waals surface area contributed by atoms with Crippen LogP contribution in [0.15, 0.2) is 24.3 Å². The third-order valence-corrected chi connectivity index (χ3v) is 9.11. The Balaban J connectivity index is 1.63. The first kappa shape index (κ1) is 35.8. The molecule has 13 nitrogen and oxygen atoms in total. The Morgan fingerprint density at radius 3 is 2.57 bits per heavy atom. The maximum atomic E-state index is 14.5. The molecule has 1 aromatic carbocycles. The van der Waals surface area contributed by atoms with E-state index in [1.54, 1.807) is 6.92 Å². The van der Waals surface area contributed by atoms with Crippen LogP contribution in [0.4, 0.5) is 0 Å². The maximum absolute atomic E-state index is 14.5. The average Bonchev–Trinajstić information content (AvgIpc) is 3.44. The first-order chi connectivity index (χ1) is 22.4. The molecule has 258 valence electrons. The van der Waals surface area contributed by atoms with E-state index in [2.05, 4.69) is 16.0 Å². The van der Waals surface area contributed by atoms with Crippen LogP contribution in [0.1, 0.15) is 84.1 Å². The Bertz CT molecular complexity index is 1330. The molecule has 4 bridgehead atoms. The number of carboxylic acids is 1. The van der Waals surface area contributed by atoms with E-state index in [-0.39, 0.29) is 43.5 Å². The highest BCUT2D eigenvalue weighted by Gasteiger charge is 2.46. The second-order valence-corrected chi connectivity index (χ2v) is 13.4. The topological polar surface area (TPSA) is 180 Å². The minimum atomic E-state index is -1.31. The fourth-order valence-electron chi connectivity index (χ4n) is 6.71. The monoisotopic (exact) mass is 656 g/mol. The molecule has 2 aliphatic heterocycles. The van der Waals surface area contributed by atoms with Crippen LogP contribution in [0, 0.1) is 5.92 Å². The number of aliphatic carboxylic acids is 1. The number of carbonyl (C=O) groups excluding carboxylic acids is 5. The van der Waals surface area contributed by atoms with Crippen LogP contribution in [0.2, 0.25) is 0 Å². The second-order valence-electron chi connectivity index (χ2n) is 13.4. The molecule has 1 saturated carbocycles. The van der Waals surface area contributed by atoms with Crippen molar-refractivity contribution in [3.63, 3.8) is 0 Å². The molecule has 4 N–H and O–H groups in total. The van der Waals surface area contributed by atoms with Crippen molar-refractivity contribution >= 4 is 35.4 Å². The number of nitrogens with one attached hydrogen (secondary N) is 3. The molecule has 2 fully saturated rings. The quantitative estimate of drug-likeness (QED) is 0.289. The highest BCUT2D eigenvalue weighted by molar-refractivity contribution is 6.38. The van der Waals surface area contributed by atoms with E-state index in [1.807, 2.05) is 38.1 Å². The van der Waals surface area contributed by atoms with Crippen LogP contribution in [-0.2, 0) is 39.9 Å². The molecular formula is C34H48N4O9. The summed E-state index contributed by atoms with van der Waals surface area (Å²) in [6.45, 7) is 5.34. The predicted molar refractivity (Wildman–Crippen MR) is 170 cm³/mol. The standard InChI is InChI=1S/C34H48N4O9/c1-4-9-25(30(42)32(44)35-19-28(40)41)36-31(43)26-18-24-20-38(26)33(45)29(22-11-6-5-7-12-22)37-27(39)17-21-10-8-13-23(16-21)46-15-14-34(2,3)47-24/h8,10,13,16,22,24-26,29H,4-7,9,11-12,14-15,17-20H2,1-3H3,(H,35,44)(H,36,43)(H,37,39)(H,40,41)/t24-,25?,26?,29+/m1/s1. The summed E-state index contributed by atoms with van der Waals surface area (Å²) < 4.78 is 12.5. The Morgan fingerprint density at radius 2 is 1.87 bits per heavy atom. The van der Waals surface area contributed by atoms with Gasteiger partial charge in [-0.15, -0.1) is 0 Å². The lowest BCUT2D eigenvalue weighted by molar-refractivity contribution is -0.145. The molecule has 4 amide bonds. The fourth-order valence-corrected chi connectivity index (χ4v) is 6.71. The van der Waals surface area contributed by atoms with Gasteiger partial charge in [-0.3, -0.25) is 28.8 Å². The van der Waals surface area contributed by atoms with Gasteiger partial charge in [0.25, 0.3) is 5.91 Å². The molecule has 4 atom stereocenters. The summed E-state index contributed by atoms with van der Waals surface area (Å²) in [6, 6.07) is 4.22. The average molecular weight is 657 g/mol. The number of rotatable bonds is 9. The normalized spacial score (nSPS) is 24.4. The van der Waals surface area contributed by atoms with Gasteiger partial charge in [0.15, 0.2) is 0 Å². The number of ketones is 1. The Kier molecular flexibility index (Phi) is 12.4. The molecule has 13 heteroatoms. The van der Waals surface area contributed by atoms with E-state index in [1.165, 1.54) is 4.90 Å². The molecule has 2 unspecified atom stereocenters. The van der Waals surface area contributed by atoms with Crippen molar-refractivity contribution < 1.29 is 43.3 Å². The summed E-state index contributed by atoms with van der Waals surface area (Å²) in [6.07, 6.45) is 5.21. The molecule has 0 spiro atoms. The summed E-state index contributed by atoms with van der Waals surface area (Å²) in [4.78, 5) is 79.5. The van der Waals surface area contributed by atoms with Gasteiger partial charge in [0.05, 0.1) is 30.8 Å². The number of amides is 4. The lowest BCUT2D eigenvalue weighted by atomic mass is 9.83. The second kappa shape index (κ2) is 16.2. The highest BCUT2D eigenvalue weighted by Crippen LogP contribution is 2.32. The van der Waals surface area contributed by atoms with Gasteiger partial charge < -0.3 is 35.4 Å². The predicted octanol–water partition coefficient (Wildman–Crippen LogP) is 1.90. The minimum absolute atomic E-state index is 0.0552. The van der Waals surface area contributed by atoms with Gasteiger partial charge in [0.2, 0.25) is 23.5 Å². The van der Waals surface area contributed by atoms with Gasteiger partial charge in [-0.05, 0) is 56.7 Å². The summed E-state index contributed by atoms with van der Waals surface area (Å²) in [7, 11) is 0. The molecule has 47 heavy (non-hydrogen) atoms. The van der Waals surface area contributed by atoms with Crippen LogP contribution >= 0.6 is 0 Å². The van der Waals surface area contributed by atoms with Gasteiger partial charge in [-0.1, -0.05) is 44.7 Å². The number of fused-ring (bicyclic) bond motifs is 4. The molecule has 0 radical (unpaired) electrons. The van der Waals surface area contributed by atoms with E-state index in [4.69, 9.17) is 14.6 Å². The minimum Gasteiger partial charge on any atom is -0.493 e. The summed E-state index contributed by atoms with van der Waals surface area (Å²) in [5.74, 6) is -4.17. The molecule has 1 aliphatic carbocycles. The summed E-state index contributed by atoms with van der Waals surface area (Å²) >= 11 is 0. The van der Waals surface area contributed by atoms with Crippen molar-refractivity contribution in [3.8, 4) is 5.75 Å². The maximum Gasteiger partial charge on any atom is 0.322 e. The first-order valence-corrected chi connectivity index (χ1v) is 16.7. The zero-order valence-electron chi connectivity index (χ0n) is 27.5. The molecule has 1 aromatic rings. The van der Waals surface area contributed by atoms with Crippen LogP contribution in [0.3, 0.4) is 0 Å². The molecule has 2 heterocycles. The van der Waals surface area contributed by atoms with Crippen molar-refractivity contribution in [1.82, 2.24) is 20.9 Å². The van der Waals surface area contributed by atoms with E-state index in [0.717, 1.165) is 37.7 Å². The van der Waals surface area contributed by atoms with Gasteiger partial charge in [0.1, 0.15) is 24.4 Å². The van der Waals surface area contributed by atoms with Crippen molar-refractivity contribution in [2.45, 2.75) is 115 Å². The first-order valence-electron chi connectivity index (χ1n) is 16.7. The number of nitrogens with zero attached hydrogens (tertiary/aromatic N) is 1. The smallest absolute Gasteiger partial charge is 0.322 e. The van der Waals surface area contributed by atoms with Gasteiger partial charge in [-0.25, -0.2) is 0 Å². The molecule has 0 aromatic heterocycles. The van der Waals surface area contributed by atoms with Crippen molar-refractivity contribution in [3.05, 3.63) is 29.8 Å². The lowest BCUT2D eigenvalue weighted by Crippen LogP contribution is -2.58. The molecular weight excluding hydrogens is 608 g/mol. The lowest BCUT2D eigenvalue weighted by Gasteiger charge is -2.35. The fraction of sp³-hybridized carbons (Fsp3) is 0.647. The molecule has 1 saturated heterocycles. The molecule has 3 aliphatic rings. The zero-order chi connectivity index (χ0) is 34.1. The van der Waals surface area contributed by atoms with Crippen molar-refractivity contribution in [2.24, 2.45) is 5.92 Å². The van der Waals surface area contributed by atoms with Crippen LogP contribution in [-0.4, -0.2) is 94.9 Å². The Hall–Kier alpha value is -4.00. The van der Waals surface area contributed by atoms with E-state index in [0.29, 0.717) is 25.2 Å². The largest absolute Gasteiger partial charge is 0.493 e. The number of carbonyl (C=O) groups is 6. The van der Waals surface area contributed by atoms with Crippen LogP contribution in [0.25, 0.3) is 0 Å². The van der Waals surface area contributed by atoms with Crippen molar-refractivity contribution in [1.29, 1.82) is 0 Å². The van der Waals surface area contributed by atoms with Crippen LogP contribution < -0.4 is 20.7 Å². The Morgan fingerprint density at radius 1 is 1.13 bits per heavy atom. The zero-order valence-corrected chi connectivity index (χ0v) is 27.5. The number of ether oxygens (including phenoxy) is 2. The SMILES string of the molecule is CCCC(NC(=O)C1C[C@@H]2CN1C(=O)[C@H](C1CCCCC1)NC(=O)Cc1cccc(c1)OCCC(C)(C)O2)C(=O)C(=O)NCC(=O)O. The number of hydrogen-bond acceptors (Lipinski definition) is 8. The third-order valence-electron chi connectivity index (χ3n) is 9.11. The number of hydrogen-bond donors (Lipinski definition) is 4. The summed E-state index contributed by atoms with van der Waals surface area (Å²) in [5.41, 5.74) is 0.0780. The highest BCUT2D eigenvalue weighted by atomic mass is 16.5. The summed E-state index contributed by atoms with van der Waals surface area (Å²) in [5, 5.41) is 16.6.